The van der Waals surface area contributed by atoms with Crippen LogP contribution in [0.5, 0.6) is 0 Å². The topological polar surface area (TPSA) is 81.4 Å². The molecule has 0 unspecified atom stereocenters. The smallest absolute Gasteiger partial charge is 0.299 e. The van der Waals surface area contributed by atoms with Gasteiger partial charge in [-0.2, -0.15) is 0 Å². The Morgan fingerprint density at radius 2 is 1.93 bits per heavy atom. The van der Waals surface area contributed by atoms with Crippen molar-refractivity contribution in [3.63, 3.8) is 0 Å². The average Bonchev–Trinajstić information content (AvgIpc) is 3.02. The Kier molecular flexibility index (Phi) is 4.16. The van der Waals surface area contributed by atoms with E-state index in [0.29, 0.717) is 28.0 Å². The van der Waals surface area contributed by atoms with Crippen LogP contribution < -0.4 is 5.56 Å². The van der Waals surface area contributed by atoms with E-state index in [9.17, 15) is 14.5 Å². The fraction of sp³-hybridized carbons (Fsp3) is 0.150. The van der Waals surface area contributed by atoms with Crippen LogP contribution >= 0.6 is 11.3 Å². The number of carbonyl (C=O) groups excluding carboxylic acids is 1. The standard InChI is InChI=1S/C20H15N3O3S/c1-11-16-19(27-17(11)18(24)22-26)21-15(23(2)20(16)25)10-13-8-5-7-12-6-3-4-9-14(12)13/h3-9H,10H2,1-2H3. The van der Waals surface area contributed by atoms with Crippen LogP contribution in [0.3, 0.4) is 0 Å². The van der Waals surface area contributed by atoms with Crippen molar-refractivity contribution < 1.29 is 4.79 Å². The monoisotopic (exact) mass is 377 g/mol. The van der Waals surface area contributed by atoms with Crippen LogP contribution in [0.15, 0.2) is 52.4 Å². The van der Waals surface area contributed by atoms with E-state index in [4.69, 9.17) is 0 Å². The minimum absolute atomic E-state index is 0.173. The highest BCUT2D eigenvalue weighted by atomic mass is 32.1. The number of nitroso groups, excluding NO2 is 1. The first-order chi connectivity index (χ1) is 13.0. The Labute approximate surface area is 158 Å². The van der Waals surface area contributed by atoms with E-state index in [2.05, 4.69) is 10.2 Å². The molecule has 0 fully saturated rings. The summed E-state index contributed by atoms with van der Waals surface area (Å²) in [6.45, 7) is 1.64. The van der Waals surface area contributed by atoms with Crippen LogP contribution in [0, 0.1) is 11.8 Å². The molecule has 7 heteroatoms. The van der Waals surface area contributed by atoms with Crippen LogP contribution in [0.2, 0.25) is 0 Å². The van der Waals surface area contributed by atoms with Gasteiger partial charge in [0.25, 0.3) is 5.56 Å². The lowest BCUT2D eigenvalue weighted by molar-refractivity contribution is 0.100. The van der Waals surface area contributed by atoms with Gasteiger partial charge in [-0.25, -0.2) is 4.98 Å². The number of rotatable bonds is 3. The van der Waals surface area contributed by atoms with Gasteiger partial charge in [0, 0.05) is 18.6 Å². The molecule has 27 heavy (non-hydrogen) atoms. The van der Waals surface area contributed by atoms with E-state index in [1.807, 2.05) is 42.5 Å². The molecular formula is C20H15N3O3S. The molecule has 0 atom stereocenters. The van der Waals surface area contributed by atoms with Crippen molar-refractivity contribution in [2.45, 2.75) is 13.3 Å². The molecule has 0 spiro atoms. The Morgan fingerprint density at radius 1 is 1.19 bits per heavy atom. The maximum Gasteiger partial charge on any atom is 0.327 e. The third-order valence-corrected chi connectivity index (χ3v) is 5.94. The third-order valence-electron chi connectivity index (χ3n) is 4.77. The molecule has 0 bridgehead atoms. The number of nitrogens with zero attached hydrogens (tertiary/aromatic N) is 3. The predicted octanol–water partition coefficient (Wildman–Crippen LogP) is 3.95. The van der Waals surface area contributed by atoms with Crippen LogP contribution in [0.4, 0.5) is 0 Å². The summed E-state index contributed by atoms with van der Waals surface area (Å²) in [6, 6.07) is 14.1. The molecule has 0 aliphatic rings. The van der Waals surface area contributed by atoms with Crippen molar-refractivity contribution in [1.82, 2.24) is 9.55 Å². The van der Waals surface area contributed by atoms with E-state index in [1.54, 1.807) is 14.0 Å². The van der Waals surface area contributed by atoms with Gasteiger partial charge < -0.3 is 0 Å². The SMILES string of the molecule is Cc1c(C(=O)N=O)sc2nc(Cc3cccc4ccccc34)n(C)c(=O)c12. The van der Waals surface area contributed by atoms with Gasteiger partial charge in [-0.15, -0.1) is 16.2 Å². The molecule has 134 valence electrons. The molecule has 4 rings (SSSR count). The summed E-state index contributed by atoms with van der Waals surface area (Å²) >= 11 is 1.04. The summed E-state index contributed by atoms with van der Waals surface area (Å²) in [7, 11) is 1.67. The molecule has 0 saturated carbocycles. The molecule has 0 aliphatic heterocycles. The molecule has 2 heterocycles. The minimum atomic E-state index is -0.867. The second-order valence-electron chi connectivity index (χ2n) is 6.34. The highest BCUT2D eigenvalue weighted by Gasteiger charge is 2.21. The van der Waals surface area contributed by atoms with Crippen LogP contribution in [0.25, 0.3) is 21.0 Å². The second-order valence-corrected chi connectivity index (χ2v) is 7.34. The number of fused-ring (bicyclic) bond motifs is 2. The van der Waals surface area contributed by atoms with Crippen molar-refractivity contribution in [1.29, 1.82) is 0 Å². The molecule has 0 aliphatic carbocycles. The molecule has 2 aromatic heterocycles. The van der Waals surface area contributed by atoms with E-state index in [-0.39, 0.29) is 10.4 Å². The van der Waals surface area contributed by atoms with Gasteiger partial charge in [-0.1, -0.05) is 42.5 Å². The molecule has 0 saturated heterocycles. The zero-order valence-electron chi connectivity index (χ0n) is 14.7. The molecule has 1 amide bonds. The van der Waals surface area contributed by atoms with Gasteiger partial charge in [0.05, 0.1) is 5.39 Å². The molecule has 6 nitrogen and oxygen atoms in total. The largest absolute Gasteiger partial charge is 0.327 e. The fourth-order valence-electron chi connectivity index (χ4n) is 3.33. The lowest BCUT2D eigenvalue weighted by atomic mass is 10.0. The molecule has 4 aromatic rings. The summed E-state index contributed by atoms with van der Waals surface area (Å²) in [4.78, 5) is 40.4. The fourth-order valence-corrected chi connectivity index (χ4v) is 4.39. The predicted molar refractivity (Wildman–Crippen MR) is 106 cm³/mol. The number of aryl methyl sites for hydroxylation is 1. The molecule has 0 radical (unpaired) electrons. The van der Waals surface area contributed by atoms with Crippen molar-refractivity contribution in [3.05, 3.63) is 79.6 Å². The van der Waals surface area contributed by atoms with Gasteiger partial charge in [0.2, 0.25) is 0 Å². The Balaban J connectivity index is 1.90. The Hall–Kier alpha value is -3.19. The number of aromatic nitrogens is 2. The summed E-state index contributed by atoms with van der Waals surface area (Å²) in [5.74, 6) is -0.267. The van der Waals surface area contributed by atoms with Gasteiger partial charge in [0.1, 0.15) is 15.5 Å². The van der Waals surface area contributed by atoms with Gasteiger partial charge in [-0.3, -0.25) is 14.2 Å². The number of carbonyl (C=O) groups is 1. The number of benzene rings is 2. The highest BCUT2D eigenvalue weighted by Crippen LogP contribution is 2.28. The van der Waals surface area contributed by atoms with Crippen LogP contribution in [-0.2, 0) is 13.5 Å². The highest BCUT2D eigenvalue weighted by molar-refractivity contribution is 7.20. The van der Waals surface area contributed by atoms with Crippen molar-refractivity contribution in [2.24, 2.45) is 12.2 Å². The second kappa shape index (κ2) is 6.51. The van der Waals surface area contributed by atoms with E-state index in [0.717, 1.165) is 27.7 Å². The minimum Gasteiger partial charge on any atom is -0.299 e. The summed E-state index contributed by atoms with van der Waals surface area (Å²) in [5.41, 5.74) is 1.30. The summed E-state index contributed by atoms with van der Waals surface area (Å²) in [6.07, 6.45) is 0.481. The molecule has 0 N–H and O–H groups in total. The zero-order valence-corrected chi connectivity index (χ0v) is 15.5. The first-order valence-corrected chi connectivity index (χ1v) is 9.16. The zero-order chi connectivity index (χ0) is 19.1. The maximum absolute atomic E-state index is 12.9. The van der Waals surface area contributed by atoms with Gasteiger partial charge in [-0.05, 0) is 28.8 Å². The number of thiophene rings is 1. The number of amides is 1. The lowest BCUT2D eigenvalue weighted by Crippen LogP contribution is -2.22. The Bertz CT molecular complexity index is 1280. The Morgan fingerprint density at radius 3 is 2.70 bits per heavy atom. The maximum atomic E-state index is 12.9. The number of hydrogen-bond donors (Lipinski definition) is 0. The van der Waals surface area contributed by atoms with Crippen LogP contribution in [-0.4, -0.2) is 15.5 Å². The number of hydrogen-bond acceptors (Lipinski definition) is 5. The van der Waals surface area contributed by atoms with Crippen molar-refractivity contribution in [3.8, 4) is 0 Å². The van der Waals surface area contributed by atoms with E-state index < -0.39 is 5.91 Å². The van der Waals surface area contributed by atoms with E-state index >= 15 is 0 Å². The average molecular weight is 377 g/mol. The normalized spacial score (nSPS) is 11.2. The quantitative estimate of drug-likeness (QED) is 0.506. The summed E-state index contributed by atoms with van der Waals surface area (Å²) in [5, 5.41) is 5.08. The molecule has 2 aromatic carbocycles. The third kappa shape index (κ3) is 2.76. The first kappa shape index (κ1) is 17.2. The van der Waals surface area contributed by atoms with Crippen molar-refractivity contribution in [2.75, 3.05) is 0 Å². The van der Waals surface area contributed by atoms with Gasteiger partial charge in [0.15, 0.2) is 0 Å². The molecular weight excluding hydrogens is 362 g/mol. The van der Waals surface area contributed by atoms with Crippen LogP contribution in [0.1, 0.15) is 26.6 Å². The summed E-state index contributed by atoms with van der Waals surface area (Å²) < 4.78 is 1.51. The lowest BCUT2D eigenvalue weighted by Gasteiger charge is -2.10. The van der Waals surface area contributed by atoms with Crippen molar-refractivity contribution >= 4 is 38.2 Å². The van der Waals surface area contributed by atoms with Gasteiger partial charge >= 0.3 is 5.91 Å². The first-order valence-electron chi connectivity index (χ1n) is 8.34. The van der Waals surface area contributed by atoms with E-state index in [1.165, 1.54) is 4.57 Å².